The topological polar surface area (TPSA) is 12.9 Å². The average Bonchev–Trinajstić information content (AvgIpc) is 3.23. The maximum Gasteiger partial charge on any atom is 0.0747 e. The van der Waals surface area contributed by atoms with Crippen LogP contribution in [0.5, 0.6) is 0 Å². The number of pyridine rings is 1. The predicted molar refractivity (Wildman–Crippen MR) is 105 cm³/mol. The Bertz CT molecular complexity index is 953. The number of rotatable bonds is 3. The molecule has 0 saturated heterocycles. The zero-order chi connectivity index (χ0) is 17.0. The summed E-state index contributed by atoms with van der Waals surface area (Å²) in [6.07, 6.45) is 5.17. The Kier molecular flexibility index (Phi) is 3.45. The first-order chi connectivity index (χ1) is 12.2. The van der Waals surface area contributed by atoms with Crippen LogP contribution in [-0.2, 0) is 6.42 Å². The molecule has 2 atom stereocenters. The van der Waals surface area contributed by atoms with Gasteiger partial charge in [-0.25, -0.2) is 4.98 Å². The van der Waals surface area contributed by atoms with Gasteiger partial charge in [0.05, 0.1) is 11.2 Å². The van der Waals surface area contributed by atoms with Crippen LogP contribution in [-0.4, -0.2) is 4.98 Å². The van der Waals surface area contributed by atoms with E-state index < -0.39 is 0 Å². The van der Waals surface area contributed by atoms with E-state index in [0.29, 0.717) is 5.92 Å². The maximum absolute atomic E-state index is 5.16. The van der Waals surface area contributed by atoms with Gasteiger partial charge in [-0.1, -0.05) is 50.2 Å². The van der Waals surface area contributed by atoms with Gasteiger partial charge in [-0.3, -0.25) is 0 Å². The van der Waals surface area contributed by atoms with Gasteiger partial charge < -0.3 is 0 Å². The van der Waals surface area contributed by atoms with Gasteiger partial charge in [-0.2, -0.15) is 0 Å². The van der Waals surface area contributed by atoms with Crippen molar-refractivity contribution in [3.8, 4) is 11.3 Å². The molecule has 0 N–H and O–H groups in total. The maximum atomic E-state index is 5.16. The number of fused-ring (bicyclic) bond motifs is 7. The quantitative estimate of drug-likeness (QED) is 0.537. The minimum atomic E-state index is 0.682. The van der Waals surface area contributed by atoms with E-state index in [4.69, 9.17) is 4.98 Å². The second-order valence-corrected chi connectivity index (χ2v) is 8.31. The molecule has 1 aromatic heterocycles. The standard InChI is InChI=1S/C24H25N/c1-15(2)12-16-6-5-7-19(13-16)24-23-18-11-10-17(14-18)22(23)20-8-3-4-9-21(20)25-24/h3-9,13,15,17-18H,10-12,14H2,1-2H3. The summed E-state index contributed by atoms with van der Waals surface area (Å²) >= 11 is 0. The van der Waals surface area contributed by atoms with Crippen molar-refractivity contribution in [2.45, 2.75) is 51.4 Å². The molecule has 1 fully saturated rings. The van der Waals surface area contributed by atoms with Crippen molar-refractivity contribution in [1.29, 1.82) is 0 Å². The van der Waals surface area contributed by atoms with Crippen molar-refractivity contribution >= 4 is 10.9 Å². The van der Waals surface area contributed by atoms with E-state index in [1.807, 2.05) is 0 Å². The second kappa shape index (κ2) is 5.69. The lowest BCUT2D eigenvalue weighted by Crippen LogP contribution is -2.04. The molecule has 0 spiro atoms. The molecule has 25 heavy (non-hydrogen) atoms. The lowest BCUT2D eigenvalue weighted by Gasteiger charge is -2.21. The van der Waals surface area contributed by atoms with E-state index in [-0.39, 0.29) is 0 Å². The van der Waals surface area contributed by atoms with E-state index in [0.717, 1.165) is 23.8 Å². The van der Waals surface area contributed by atoms with Gasteiger partial charge >= 0.3 is 0 Å². The molecule has 2 aromatic carbocycles. The van der Waals surface area contributed by atoms with E-state index in [2.05, 4.69) is 62.4 Å². The lowest BCUT2D eigenvalue weighted by molar-refractivity contribution is 0.647. The fraction of sp³-hybridized carbons (Fsp3) is 0.375. The molecule has 2 unspecified atom stereocenters. The minimum absolute atomic E-state index is 0.682. The molecule has 1 nitrogen and oxygen atoms in total. The van der Waals surface area contributed by atoms with Crippen LogP contribution in [0.2, 0.25) is 0 Å². The van der Waals surface area contributed by atoms with E-state index in [9.17, 15) is 0 Å². The van der Waals surface area contributed by atoms with Crippen molar-refractivity contribution in [2.75, 3.05) is 0 Å². The summed E-state index contributed by atoms with van der Waals surface area (Å²) in [6.45, 7) is 4.58. The van der Waals surface area contributed by atoms with Gasteiger partial charge in [-0.05, 0) is 72.3 Å². The van der Waals surface area contributed by atoms with Crippen LogP contribution in [0.1, 0.15) is 61.6 Å². The molecule has 0 radical (unpaired) electrons. The number of benzene rings is 2. The van der Waals surface area contributed by atoms with E-state index in [1.165, 1.54) is 41.5 Å². The number of nitrogens with zero attached hydrogens (tertiary/aromatic N) is 1. The smallest absolute Gasteiger partial charge is 0.0747 e. The van der Waals surface area contributed by atoms with Gasteiger partial charge in [0.1, 0.15) is 0 Å². The largest absolute Gasteiger partial charge is 0.247 e. The average molecular weight is 327 g/mol. The van der Waals surface area contributed by atoms with Crippen LogP contribution in [0, 0.1) is 5.92 Å². The predicted octanol–water partition coefficient (Wildman–Crippen LogP) is 6.47. The van der Waals surface area contributed by atoms with Crippen molar-refractivity contribution in [1.82, 2.24) is 4.98 Å². The third-order valence-corrected chi connectivity index (χ3v) is 6.07. The molecule has 0 amide bonds. The Labute approximate surface area is 150 Å². The SMILES string of the molecule is CC(C)Cc1cccc(-c2nc3ccccc3c3c2C2CCC3C2)c1. The summed E-state index contributed by atoms with van der Waals surface area (Å²) in [6, 6.07) is 17.9. The van der Waals surface area contributed by atoms with Gasteiger partial charge in [0.25, 0.3) is 0 Å². The second-order valence-electron chi connectivity index (χ2n) is 8.31. The molecule has 2 aliphatic carbocycles. The Morgan fingerprint density at radius 1 is 0.960 bits per heavy atom. The molecule has 1 saturated carbocycles. The molecular weight excluding hydrogens is 302 g/mol. The van der Waals surface area contributed by atoms with Crippen LogP contribution in [0.4, 0.5) is 0 Å². The van der Waals surface area contributed by atoms with Crippen LogP contribution in [0.25, 0.3) is 22.2 Å². The highest BCUT2D eigenvalue weighted by Gasteiger charge is 2.40. The molecule has 3 aromatic rings. The molecule has 5 rings (SSSR count). The molecule has 1 heteroatoms. The van der Waals surface area contributed by atoms with E-state index >= 15 is 0 Å². The Hall–Kier alpha value is -2.15. The third-order valence-electron chi connectivity index (χ3n) is 6.07. The lowest BCUT2D eigenvalue weighted by atomic mass is 9.86. The summed E-state index contributed by atoms with van der Waals surface area (Å²) in [7, 11) is 0. The summed E-state index contributed by atoms with van der Waals surface area (Å²) < 4.78 is 0. The van der Waals surface area contributed by atoms with Crippen molar-refractivity contribution in [3.05, 3.63) is 65.2 Å². The number of aromatic nitrogens is 1. The summed E-state index contributed by atoms with van der Waals surface area (Å²) in [5.41, 5.74) is 8.35. The van der Waals surface area contributed by atoms with Crippen molar-refractivity contribution in [2.24, 2.45) is 5.92 Å². The van der Waals surface area contributed by atoms with Gasteiger partial charge in [0.2, 0.25) is 0 Å². The zero-order valence-electron chi connectivity index (χ0n) is 15.1. The fourth-order valence-electron chi connectivity index (χ4n) is 5.15. The third kappa shape index (κ3) is 2.40. The highest BCUT2D eigenvalue weighted by atomic mass is 14.7. The number of hydrogen-bond donors (Lipinski definition) is 0. The molecular formula is C24H25N. The Morgan fingerprint density at radius 2 is 1.76 bits per heavy atom. The van der Waals surface area contributed by atoms with Crippen LogP contribution in [0.15, 0.2) is 48.5 Å². The molecule has 0 aliphatic heterocycles. The molecule has 1 heterocycles. The summed E-state index contributed by atoms with van der Waals surface area (Å²) in [5.74, 6) is 2.16. The van der Waals surface area contributed by atoms with Gasteiger partial charge in [0.15, 0.2) is 0 Å². The first-order valence-corrected chi connectivity index (χ1v) is 9.72. The Morgan fingerprint density at radius 3 is 2.60 bits per heavy atom. The van der Waals surface area contributed by atoms with Crippen molar-refractivity contribution < 1.29 is 0 Å². The number of hydrogen-bond acceptors (Lipinski definition) is 1. The zero-order valence-corrected chi connectivity index (χ0v) is 15.1. The molecule has 126 valence electrons. The van der Waals surface area contributed by atoms with Crippen molar-refractivity contribution in [3.63, 3.8) is 0 Å². The normalized spacial score (nSPS) is 21.2. The monoisotopic (exact) mass is 327 g/mol. The molecule has 2 bridgehead atoms. The number of para-hydroxylation sites is 1. The first-order valence-electron chi connectivity index (χ1n) is 9.72. The van der Waals surface area contributed by atoms with Crippen LogP contribution < -0.4 is 0 Å². The molecule has 2 aliphatic rings. The summed E-state index contributed by atoms with van der Waals surface area (Å²) in [5, 5.41) is 1.40. The van der Waals surface area contributed by atoms with E-state index in [1.54, 1.807) is 11.1 Å². The Balaban J connectivity index is 1.74. The first kappa shape index (κ1) is 15.1. The minimum Gasteiger partial charge on any atom is -0.247 e. The van der Waals surface area contributed by atoms with Gasteiger partial charge in [0, 0.05) is 10.9 Å². The fourth-order valence-corrected chi connectivity index (χ4v) is 5.15. The summed E-state index contributed by atoms with van der Waals surface area (Å²) in [4.78, 5) is 5.16. The van der Waals surface area contributed by atoms with Crippen LogP contribution in [0.3, 0.4) is 0 Å². The highest BCUT2D eigenvalue weighted by molar-refractivity contribution is 5.89. The van der Waals surface area contributed by atoms with Crippen LogP contribution >= 0.6 is 0 Å². The van der Waals surface area contributed by atoms with Gasteiger partial charge in [-0.15, -0.1) is 0 Å². The highest BCUT2D eigenvalue weighted by Crippen LogP contribution is 2.57.